The third-order valence-electron chi connectivity index (χ3n) is 8.05. The molecular weight excluding hydrogens is 713 g/mol. The van der Waals surface area contributed by atoms with Crippen molar-refractivity contribution < 1.29 is 30.0 Å². The summed E-state index contributed by atoms with van der Waals surface area (Å²) in [6, 6.07) is 16.3. The van der Waals surface area contributed by atoms with Gasteiger partial charge in [-0.2, -0.15) is 0 Å². The number of hydrogen-bond donors (Lipinski definition) is 1. The first-order valence-corrected chi connectivity index (χ1v) is 15.1. The predicted molar refractivity (Wildman–Crippen MR) is 173 cm³/mol. The van der Waals surface area contributed by atoms with Gasteiger partial charge >= 0.3 is 0 Å². The largest absolute Gasteiger partial charge is 0.512 e. The molecule has 5 rings (SSSR count). The maximum atomic E-state index is 11.7. The van der Waals surface area contributed by atoms with Crippen LogP contribution in [0.5, 0.6) is 0 Å². The Bertz CT molecular complexity index is 1710. The smallest absolute Gasteiger partial charge is 0.234 e. The number of aliphatic hydroxyl groups is 1. The maximum absolute atomic E-state index is 11.7. The molecule has 0 unspecified atom stereocenters. The summed E-state index contributed by atoms with van der Waals surface area (Å²) in [5.41, 5.74) is 4.28. The Balaban J connectivity index is 0.000000274. The van der Waals surface area contributed by atoms with Crippen molar-refractivity contribution >= 4 is 33.2 Å². The molecule has 1 radical (unpaired) electrons. The van der Waals surface area contributed by atoms with Crippen LogP contribution in [0.15, 0.2) is 73.0 Å². The first-order valence-electron chi connectivity index (χ1n) is 15.1. The number of aliphatic hydroxyl groups excluding tert-OH is 1. The van der Waals surface area contributed by atoms with E-state index in [-0.39, 0.29) is 48.9 Å². The molecule has 0 atom stereocenters. The molecule has 3 aromatic heterocycles. The van der Waals surface area contributed by atoms with Crippen LogP contribution < -0.4 is 0 Å². The van der Waals surface area contributed by atoms with Gasteiger partial charge in [0.05, 0.1) is 11.3 Å². The minimum absolute atomic E-state index is 0. The van der Waals surface area contributed by atoms with Crippen molar-refractivity contribution in [1.82, 2.24) is 19.4 Å². The molecule has 0 saturated carbocycles. The van der Waals surface area contributed by atoms with Crippen LogP contribution in [-0.4, -0.2) is 30.2 Å². The molecule has 0 aliphatic carbocycles. The number of carbonyl (C=O) groups excluding carboxylic acids is 1. The summed E-state index contributed by atoms with van der Waals surface area (Å²) >= 11 is 0. The van der Waals surface area contributed by atoms with E-state index in [2.05, 4.69) is 73.2 Å². The van der Waals surface area contributed by atoms with E-state index < -0.39 is 0 Å². The zero-order chi connectivity index (χ0) is 30.4. The fourth-order valence-corrected chi connectivity index (χ4v) is 5.39. The number of carbonyl (C=O) groups is 1. The Morgan fingerprint density at radius 2 is 1.60 bits per heavy atom. The van der Waals surface area contributed by atoms with Gasteiger partial charge in [0.1, 0.15) is 0 Å². The number of aromatic nitrogens is 4. The van der Waals surface area contributed by atoms with E-state index in [0.29, 0.717) is 5.78 Å². The summed E-state index contributed by atoms with van der Waals surface area (Å²) in [4.78, 5) is 25.1. The molecule has 7 heteroatoms. The van der Waals surface area contributed by atoms with Gasteiger partial charge in [-0.1, -0.05) is 77.6 Å². The van der Waals surface area contributed by atoms with Crippen molar-refractivity contribution in [3.63, 3.8) is 0 Å². The Morgan fingerprint density at radius 1 is 0.953 bits per heavy atom. The number of imidazole rings is 1. The van der Waals surface area contributed by atoms with E-state index in [0.717, 1.165) is 53.2 Å². The van der Waals surface area contributed by atoms with Crippen molar-refractivity contribution in [2.45, 2.75) is 79.6 Å². The number of hydrogen-bond acceptors (Lipinski definition) is 5. The maximum Gasteiger partial charge on any atom is 0.234 e. The quantitative estimate of drug-likeness (QED) is 0.0972. The summed E-state index contributed by atoms with van der Waals surface area (Å²) in [5, 5.41) is 13.1. The Kier molecular flexibility index (Phi) is 11.8. The number of fused-ring (bicyclic) bond motifs is 4. The third kappa shape index (κ3) is 7.76. The second-order valence-electron chi connectivity index (χ2n) is 11.9. The van der Waals surface area contributed by atoms with Gasteiger partial charge in [0.2, 0.25) is 5.78 Å². The Hall–Kier alpha value is -3.41. The van der Waals surface area contributed by atoms with E-state index in [1.807, 2.05) is 50.7 Å². The molecule has 0 bridgehead atoms. The number of pyridine rings is 1. The average Bonchev–Trinajstić information content (AvgIpc) is 3.47. The molecule has 0 spiro atoms. The van der Waals surface area contributed by atoms with Gasteiger partial charge in [-0.3, -0.25) is 14.2 Å². The molecular formula is C36H43IrN4O2-. The van der Waals surface area contributed by atoms with Gasteiger partial charge in [0.25, 0.3) is 0 Å². The average molecular weight is 756 g/mol. The van der Waals surface area contributed by atoms with Crippen LogP contribution in [0.2, 0.25) is 0 Å². The van der Waals surface area contributed by atoms with Gasteiger partial charge in [-0.25, -0.2) is 9.97 Å². The topological polar surface area (TPSA) is 80.4 Å². The minimum atomic E-state index is 0. The molecule has 3 heterocycles. The van der Waals surface area contributed by atoms with Crippen molar-refractivity contribution in [3.05, 3.63) is 84.7 Å². The standard InChI is InChI=1S/C23H19N4.C13H24O2.Ir/c1-23(2,3)19-11-16(10-15-6-4-5-7-18(15)19)20-12-21-17(13-25-20)14-26-22-24-8-9-27(21)22;1-5-10(6-2)12(14)9-13(15)11(7-3)8-4;/h4-9,11-14H,1-3H3;9-11,14H,5-8H2,1-4H3;/q-1;;/b;12-9-;. The van der Waals surface area contributed by atoms with Crippen molar-refractivity contribution in [3.8, 4) is 11.3 Å². The first kappa shape index (κ1) is 34.1. The minimum Gasteiger partial charge on any atom is -0.512 e. The van der Waals surface area contributed by atoms with Crippen LogP contribution in [0, 0.1) is 17.9 Å². The van der Waals surface area contributed by atoms with Crippen LogP contribution >= 0.6 is 0 Å². The third-order valence-corrected chi connectivity index (χ3v) is 8.05. The first-order chi connectivity index (χ1) is 20.1. The van der Waals surface area contributed by atoms with Crippen LogP contribution in [0.3, 0.4) is 0 Å². The van der Waals surface area contributed by atoms with Gasteiger partial charge in [0.15, 0.2) is 5.78 Å². The second-order valence-corrected chi connectivity index (χ2v) is 11.9. The van der Waals surface area contributed by atoms with E-state index in [4.69, 9.17) is 4.98 Å². The normalized spacial score (nSPS) is 12.1. The number of nitrogens with zero attached hydrogens (tertiary/aromatic N) is 4. The SMILES string of the molecule is CC(C)(C)c1cc(-c2cc3c(cn2)cnc2nccn23)[c-]c2ccccc12.CCC(CC)C(=O)/C=C(\O)C(CC)CC.[Ir]. The predicted octanol–water partition coefficient (Wildman–Crippen LogP) is 9.06. The van der Waals surface area contributed by atoms with E-state index in [9.17, 15) is 9.90 Å². The zero-order valence-corrected chi connectivity index (χ0v) is 28.7. The summed E-state index contributed by atoms with van der Waals surface area (Å²) in [6.45, 7) is 14.8. The Labute approximate surface area is 269 Å². The summed E-state index contributed by atoms with van der Waals surface area (Å²) in [5.74, 6) is 1.24. The van der Waals surface area contributed by atoms with E-state index in [1.54, 1.807) is 6.20 Å². The second kappa shape index (κ2) is 14.9. The van der Waals surface area contributed by atoms with E-state index in [1.165, 1.54) is 17.0 Å². The number of ketones is 1. The molecule has 229 valence electrons. The van der Waals surface area contributed by atoms with Gasteiger partial charge in [-0.05, 0) is 37.2 Å². The van der Waals surface area contributed by atoms with Crippen LogP contribution in [0.1, 0.15) is 79.7 Å². The van der Waals surface area contributed by atoms with E-state index >= 15 is 0 Å². The summed E-state index contributed by atoms with van der Waals surface area (Å²) < 4.78 is 1.99. The van der Waals surface area contributed by atoms with Gasteiger partial charge in [0, 0.05) is 73.9 Å². The van der Waals surface area contributed by atoms with Crippen LogP contribution in [0.25, 0.3) is 38.7 Å². The molecule has 43 heavy (non-hydrogen) atoms. The fourth-order valence-electron chi connectivity index (χ4n) is 5.39. The van der Waals surface area contributed by atoms with Gasteiger partial charge in [-0.15, -0.1) is 29.1 Å². The van der Waals surface area contributed by atoms with Crippen molar-refractivity contribution in [2.24, 2.45) is 11.8 Å². The Morgan fingerprint density at radius 3 is 2.26 bits per heavy atom. The molecule has 0 fully saturated rings. The van der Waals surface area contributed by atoms with Crippen LogP contribution in [-0.2, 0) is 30.3 Å². The van der Waals surface area contributed by atoms with Crippen LogP contribution in [0.4, 0.5) is 0 Å². The molecule has 0 amide bonds. The monoisotopic (exact) mass is 756 g/mol. The zero-order valence-electron chi connectivity index (χ0n) is 26.3. The molecule has 6 nitrogen and oxygen atoms in total. The molecule has 0 aliphatic heterocycles. The van der Waals surface area contributed by atoms with Gasteiger partial charge < -0.3 is 5.11 Å². The molecule has 0 saturated heterocycles. The molecule has 5 aromatic rings. The molecule has 1 N–H and O–H groups in total. The number of allylic oxidation sites excluding steroid dienone is 2. The van der Waals surface area contributed by atoms with Crippen molar-refractivity contribution in [2.75, 3.05) is 0 Å². The molecule has 2 aromatic carbocycles. The number of rotatable bonds is 8. The summed E-state index contributed by atoms with van der Waals surface area (Å²) in [7, 11) is 0. The molecule has 0 aliphatic rings. The fraction of sp³-hybridized carbons (Fsp3) is 0.389. The summed E-state index contributed by atoms with van der Waals surface area (Å²) in [6.07, 6.45) is 12.3. The van der Waals surface area contributed by atoms with Crippen molar-refractivity contribution in [1.29, 1.82) is 0 Å². The number of benzene rings is 2.